The lowest BCUT2D eigenvalue weighted by Crippen LogP contribution is -2.53. The van der Waals surface area contributed by atoms with E-state index in [0.717, 1.165) is 0 Å². The van der Waals surface area contributed by atoms with Gasteiger partial charge < -0.3 is 20.1 Å². The van der Waals surface area contributed by atoms with Crippen LogP contribution in [0.15, 0.2) is 18.3 Å². The average Bonchev–Trinajstić information content (AvgIpc) is 2.46. The van der Waals surface area contributed by atoms with Crippen molar-refractivity contribution < 1.29 is 27.4 Å². The van der Waals surface area contributed by atoms with Crippen LogP contribution in [0.2, 0.25) is 0 Å². The Morgan fingerprint density at radius 2 is 2.32 bits per heavy atom. The highest BCUT2D eigenvalue weighted by Crippen LogP contribution is 2.18. The fourth-order valence-electron chi connectivity index (χ4n) is 1.94. The molecule has 0 aromatic carbocycles. The van der Waals surface area contributed by atoms with E-state index in [2.05, 4.69) is 20.4 Å². The lowest BCUT2D eigenvalue weighted by atomic mass is 10.1. The number of morpholine rings is 1. The molecule has 0 aliphatic carbocycles. The van der Waals surface area contributed by atoms with Gasteiger partial charge in [0.05, 0.1) is 24.6 Å². The summed E-state index contributed by atoms with van der Waals surface area (Å²) in [6.07, 6.45) is -3.45. The minimum Gasteiger partial charge on any atom is -0.468 e. The molecule has 2 N–H and O–H groups in total. The molecule has 0 saturated carbocycles. The molecule has 2 heterocycles. The highest BCUT2D eigenvalue weighted by Gasteiger charge is 2.29. The molecule has 1 amide bonds. The van der Waals surface area contributed by atoms with Gasteiger partial charge in [0.15, 0.2) is 6.61 Å². The normalized spacial score (nSPS) is 22.2. The van der Waals surface area contributed by atoms with Crippen molar-refractivity contribution in [2.24, 2.45) is 0 Å². The van der Waals surface area contributed by atoms with Crippen LogP contribution < -0.4 is 15.4 Å². The van der Waals surface area contributed by atoms with Crippen LogP contribution in [0.25, 0.3) is 0 Å². The number of hydrogen-bond acceptors (Lipinski definition) is 5. The van der Waals surface area contributed by atoms with E-state index in [1.807, 2.05) is 0 Å². The van der Waals surface area contributed by atoms with Crippen LogP contribution in [0.1, 0.15) is 6.92 Å². The van der Waals surface area contributed by atoms with Crippen molar-refractivity contribution in [1.29, 1.82) is 0 Å². The number of alkyl halides is 3. The molecule has 2 rings (SSSR count). The Morgan fingerprint density at radius 1 is 1.55 bits per heavy atom. The average molecular weight is 319 g/mol. The first-order valence-electron chi connectivity index (χ1n) is 6.66. The first-order valence-corrected chi connectivity index (χ1v) is 6.66. The molecule has 122 valence electrons. The van der Waals surface area contributed by atoms with Crippen molar-refractivity contribution in [3.8, 4) is 5.88 Å². The summed E-state index contributed by atoms with van der Waals surface area (Å²) in [7, 11) is 0. The van der Waals surface area contributed by atoms with E-state index >= 15 is 0 Å². The third-order valence-electron chi connectivity index (χ3n) is 2.99. The lowest BCUT2D eigenvalue weighted by molar-refractivity contribution is -0.154. The Bertz CT molecular complexity index is 507. The van der Waals surface area contributed by atoms with E-state index in [1.54, 1.807) is 6.92 Å². The summed E-state index contributed by atoms with van der Waals surface area (Å²) in [4.78, 5) is 15.8. The fraction of sp³-hybridized carbons (Fsp3) is 0.538. The van der Waals surface area contributed by atoms with Crippen LogP contribution in [0.5, 0.6) is 5.88 Å². The molecule has 1 fully saturated rings. The van der Waals surface area contributed by atoms with Gasteiger partial charge in [-0.3, -0.25) is 4.79 Å². The molecule has 9 heteroatoms. The van der Waals surface area contributed by atoms with Crippen LogP contribution in [-0.2, 0) is 9.53 Å². The van der Waals surface area contributed by atoms with Gasteiger partial charge in [-0.25, -0.2) is 4.98 Å². The second kappa shape index (κ2) is 6.93. The van der Waals surface area contributed by atoms with Crippen LogP contribution in [0, 0.1) is 0 Å². The molecule has 1 saturated heterocycles. The second-order valence-electron chi connectivity index (χ2n) is 4.79. The van der Waals surface area contributed by atoms with Crippen LogP contribution in [-0.4, -0.2) is 49.0 Å². The first-order chi connectivity index (χ1) is 10.3. The van der Waals surface area contributed by atoms with Crippen molar-refractivity contribution in [2.75, 3.05) is 25.1 Å². The molecule has 0 unspecified atom stereocenters. The van der Waals surface area contributed by atoms with Gasteiger partial charge in [0.1, 0.15) is 6.04 Å². The van der Waals surface area contributed by atoms with Gasteiger partial charge in [-0.1, -0.05) is 0 Å². The van der Waals surface area contributed by atoms with Gasteiger partial charge in [-0.2, -0.15) is 13.2 Å². The van der Waals surface area contributed by atoms with E-state index in [4.69, 9.17) is 4.74 Å². The number of ether oxygens (including phenoxy) is 2. The SMILES string of the molecule is C[C@H]1OCCN[C@@H]1C(=O)Nc1ccc(OCC(F)(F)F)nc1. The summed E-state index contributed by atoms with van der Waals surface area (Å²) in [5.41, 5.74) is 0.365. The summed E-state index contributed by atoms with van der Waals surface area (Å²) < 4.78 is 45.9. The van der Waals surface area contributed by atoms with Gasteiger partial charge in [0.2, 0.25) is 11.8 Å². The van der Waals surface area contributed by atoms with E-state index in [1.165, 1.54) is 18.3 Å². The summed E-state index contributed by atoms with van der Waals surface area (Å²) in [5, 5.41) is 5.65. The Balaban J connectivity index is 1.89. The molecule has 1 aromatic rings. The van der Waals surface area contributed by atoms with Crippen LogP contribution >= 0.6 is 0 Å². The minimum atomic E-state index is -4.42. The molecule has 0 bridgehead atoms. The molecular formula is C13H16F3N3O3. The molecule has 6 nitrogen and oxygen atoms in total. The number of halogens is 3. The molecule has 0 spiro atoms. The minimum absolute atomic E-state index is 0.164. The number of nitrogens with one attached hydrogen (secondary N) is 2. The maximum atomic E-state index is 12.1. The van der Waals surface area contributed by atoms with Crippen LogP contribution in [0.3, 0.4) is 0 Å². The van der Waals surface area contributed by atoms with Crippen molar-refractivity contribution in [2.45, 2.75) is 25.2 Å². The molecule has 1 aliphatic heterocycles. The smallest absolute Gasteiger partial charge is 0.422 e. The zero-order chi connectivity index (χ0) is 16.2. The fourth-order valence-corrected chi connectivity index (χ4v) is 1.94. The van der Waals surface area contributed by atoms with E-state index in [-0.39, 0.29) is 17.9 Å². The first kappa shape index (κ1) is 16.5. The number of pyridine rings is 1. The predicted molar refractivity (Wildman–Crippen MR) is 71.6 cm³/mol. The van der Waals surface area contributed by atoms with Crippen molar-refractivity contribution >= 4 is 11.6 Å². The number of hydrogen-bond donors (Lipinski definition) is 2. The monoisotopic (exact) mass is 319 g/mol. The zero-order valence-electron chi connectivity index (χ0n) is 11.8. The Morgan fingerprint density at radius 3 is 2.91 bits per heavy atom. The van der Waals surface area contributed by atoms with Crippen molar-refractivity contribution in [3.63, 3.8) is 0 Å². The van der Waals surface area contributed by atoms with E-state index in [9.17, 15) is 18.0 Å². The molecule has 22 heavy (non-hydrogen) atoms. The van der Waals surface area contributed by atoms with Gasteiger partial charge in [-0.15, -0.1) is 0 Å². The summed E-state index contributed by atoms with van der Waals surface area (Å²) >= 11 is 0. The quantitative estimate of drug-likeness (QED) is 0.876. The second-order valence-corrected chi connectivity index (χ2v) is 4.79. The maximum Gasteiger partial charge on any atom is 0.422 e. The number of carbonyl (C=O) groups is 1. The number of carbonyl (C=O) groups excluding carboxylic acids is 1. The Kier molecular flexibility index (Phi) is 5.19. The maximum absolute atomic E-state index is 12.1. The summed E-state index contributed by atoms with van der Waals surface area (Å²) in [6.45, 7) is 1.48. The third kappa shape index (κ3) is 4.85. The molecule has 1 aromatic heterocycles. The number of aromatic nitrogens is 1. The van der Waals surface area contributed by atoms with Crippen molar-refractivity contribution in [3.05, 3.63) is 18.3 Å². The Labute approximate surface area is 125 Å². The highest BCUT2D eigenvalue weighted by atomic mass is 19.4. The highest BCUT2D eigenvalue weighted by molar-refractivity contribution is 5.95. The predicted octanol–water partition coefficient (Wildman–Crippen LogP) is 1.34. The van der Waals surface area contributed by atoms with Crippen molar-refractivity contribution in [1.82, 2.24) is 10.3 Å². The zero-order valence-corrected chi connectivity index (χ0v) is 11.8. The molecular weight excluding hydrogens is 303 g/mol. The number of anilines is 1. The van der Waals surface area contributed by atoms with E-state index in [0.29, 0.717) is 18.8 Å². The third-order valence-corrected chi connectivity index (χ3v) is 2.99. The largest absolute Gasteiger partial charge is 0.468 e. The molecule has 0 radical (unpaired) electrons. The summed E-state index contributed by atoms with van der Waals surface area (Å²) in [5.74, 6) is -0.458. The van der Waals surface area contributed by atoms with Gasteiger partial charge in [-0.05, 0) is 13.0 Å². The van der Waals surface area contributed by atoms with Crippen LogP contribution in [0.4, 0.5) is 18.9 Å². The lowest BCUT2D eigenvalue weighted by Gasteiger charge is -2.29. The number of amides is 1. The Hall–Kier alpha value is -1.87. The van der Waals surface area contributed by atoms with Gasteiger partial charge >= 0.3 is 6.18 Å². The number of rotatable bonds is 4. The van der Waals surface area contributed by atoms with E-state index < -0.39 is 18.8 Å². The topological polar surface area (TPSA) is 72.5 Å². The molecule has 1 aliphatic rings. The number of nitrogens with zero attached hydrogens (tertiary/aromatic N) is 1. The van der Waals surface area contributed by atoms with Gasteiger partial charge in [0.25, 0.3) is 0 Å². The molecule has 2 atom stereocenters. The van der Waals surface area contributed by atoms with Gasteiger partial charge in [0, 0.05) is 12.6 Å². The standard InChI is InChI=1S/C13H16F3N3O3/c1-8-11(17-4-5-21-8)12(20)19-9-2-3-10(18-6-9)22-7-13(14,15)16/h2-3,6,8,11,17H,4-5,7H2,1H3,(H,19,20)/t8-,11+/m1/s1. The summed E-state index contributed by atoms with van der Waals surface area (Å²) in [6, 6.07) is 2.19.